The van der Waals surface area contributed by atoms with Gasteiger partial charge in [-0.1, -0.05) is 27.7 Å². The molecular weight excluding hydrogens is 518 g/mol. The number of aromatic hydroxyl groups is 1. The van der Waals surface area contributed by atoms with Crippen LogP contribution < -0.4 is 10.1 Å². The number of benzene rings is 2. The number of phenolic OH excluding ortho intramolecular Hbond substituents is 1. The third-order valence-electron chi connectivity index (χ3n) is 4.51. The molecule has 0 saturated carbocycles. The highest BCUT2D eigenvalue weighted by atomic mass is 79.9. The van der Waals surface area contributed by atoms with Crippen molar-refractivity contribution in [2.75, 3.05) is 0 Å². The second-order valence-corrected chi connectivity index (χ2v) is 9.38. The molecule has 0 aromatic heterocycles. The van der Waals surface area contributed by atoms with Gasteiger partial charge in [-0.3, -0.25) is 4.79 Å². The van der Waals surface area contributed by atoms with E-state index in [0.717, 1.165) is 5.56 Å². The SMILES string of the molecule is CC(C)c1cc(Oc2c(Br)cc(CC(=O)N[C@H](C(=O)O)C(C)C)cc2Br)ccc1O. The summed E-state index contributed by atoms with van der Waals surface area (Å²) in [5.74, 6) is -0.181. The maximum Gasteiger partial charge on any atom is 0.326 e. The van der Waals surface area contributed by atoms with E-state index in [1.54, 1.807) is 44.2 Å². The van der Waals surface area contributed by atoms with Crippen molar-refractivity contribution in [3.8, 4) is 17.2 Å². The first-order valence-corrected chi connectivity index (χ1v) is 11.1. The number of amides is 1. The zero-order valence-corrected chi connectivity index (χ0v) is 20.4. The van der Waals surface area contributed by atoms with Gasteiger partial charge in [0.2, 0.25) is 5.91 Å². The number of phenols is 1. The lowest BCUT2D eigenvalue weighted by atomic mass is 10.0. The van der Waals surface area contributed by atoms with Gasteiger partial charge in [-0.15, -0.1) is 0 Å². The molecular formula is C22H25Br2NO5. The fourth-order valence-corrected chi connectivity index (χ4v) is 4.35. The smallest absolute Gasteiger partial charge is 0.326 e. The van der Waals surface area contributed by atoms with Crippen molar-refractivity contribution in [2.45, 2.75) is 46.1 Å². The summed E-state index contributed by atoms with van der Waals surface area (Å²) in [6, 6.07) is 7.65. The Bertz CT molecular complexity index is 920. The van der Waals surface area contributed by atoms with E-state index in [2.05, 4.69) is 37.2 Å². The Kier molecular flexibility index (Phi) is 8.32. The molecule has 3 N–H and O–H groups in total. The van der Waals surface area contributed by atoms with E-state index >= 15 is 0 Å². The van der Waals surface area contributed by atoms with Gasteiger partial charge in [0, 0.05) is 5.56 Å². The number of carbonyl (C=O) groups is 2. The average Bonchev–Trinajstić information content (AvgIpc) is 2.63. The van der Waals surface area contributed by atoms with Crippen molar-refractivity contribution in [1.82, 2.24) is 5.32 Å². The van der Waals surface area contributed by atoms with Crippen LogP contribution in [0.15, 0.2) is 39.3 Å². The Morgan fingerprint density at radius 2 is 1.67 bits per heavy atom. The van der Waals surface area contributed by atoms with Crippen LogP contribution in [-0.2, 0) is 16.0 Å². The molecule has 0 radical (unpaired) electrons. The first kappa shape index (κ1) is 24.2. The normalized spacial score (nSPS) is 12.1. The van der Waals surface area contributed by atoms with Gasteiger partial charge in [-0.05, 0) is 79.6 Å². The maximum atomic E-state index is 12.3. The van der Waals surface area contributed by atoms with Gasteiger partial charge < -0.3 is 20.3 Å². The summed E-state index contributed by atoms with van der Waals surface area (Å²) in [5.41, 5.74) is 1.48. The Morgan fingerprint density at radius 3 is 2.17 bits per heavy atom. The van der Waals surface area contributed by atoms with Crippen molar-refractivity contribution < 1.29 is 24.5 Å². The summed E-state index contributed by atoms with van der Waals surface area (Å²) < 4.78 is 7.26. The summed E-state index contributed by atoms with van der Waals surface area (Å²) in [5, 5.41) is 21.8. The predicted octanol–water partition coefficient (Wildman–Crippen LogP) is 5.60. The highest BCUT2D eigenvalue weighted by Gasteiger charge is 2.23. The molecule has 0 unspecified atom stereocenters. The first-order chi connectivity index (χ1) is 14.0. The average molecular weight is 543 g/mol. The minimum absolute atomic E-state index is 0.0324. The first-order valence-electron chi connectivity index (χ1n) is 9.50. The number of hydrogen-bond acceptors (Lipinski definition) is 4. The monoisotopic (exact) mass is 541 g/mol. The second kappa shape index (κ2) is 10.3. The van der Waals surface area contributed by atoms with Crippen molar-refractivity contribution in [3.05, 3.63) is 50.4 Å². The molecule has 0 saturated heterocycles. The van der Waals surface area contributed by atoms with Crippen LogP contribution in [0, 0.1) is 5.92 Å². The van der Waals surface area contributed by atoms with Crippen LogP contribution in [0.1, 0.15) is 44.7 Å². The molecule has 2 aromatic carbocycles. The molecule has 30 heavy (non-hydrogen) atoms. The summed E-state index contributed by atoms with van der Waals surface area (Å²) >= 11 is 6.95. The second-order valence-electron chi connectivity index (χ2n) is 7.67. The highest BCUT2D eigenvalue weighted by molar-refractivity contribution is 9.11. The van der Waals surface area contributed by atoms with Crippen LogP contribution >= 0.6 is 31.9 Å². The minimum atomic E-state index is -1.06. The fraction of sp³-hybridized carbons (Fsp3) is 0.364. The summed E-state index contributed by atoms with van der Waals surface area (Å²) in [6.45, 7) is 7.45. The van der Waals surface area contributed by atoms with Crippen molar-refractivity contribution >= 4 is 43.7 Å². The van der Waals surface area contributed by atoms with Crippen LogP contribution in [0.3, 0.4) is 0 Å². The van der Waals surface area contributed by atoms with Gasteiger partial charge in [-0.2, -0.15) is 0 Å². The van der Waals surface area contributed by atoms with Gasteiger partial charge in [0.15, 0.2) is 5.75 Å². The number of aliphatic carboxylic acids is 1. The van der Waals surface area contributed by atoms with Gasteiger partial charge >= 0.3 is 5.97 Å². The molecule has 0 spiro atoms. The molecule has 8 heteroatoms. The molecule has 6 nitrogen and oxygen atoms in total. The van der Waals surface area contributed by atoms with E-state index in [1.165, 1.54) is 0 Å². The standard InChI is InChI=1S/C22H25Br2NO5/c1-11(2)15-10-14(5-6-18(15)26)30-21-16(23)7-13(8-17(21)24)9-19(27)25-20(12(3)4)22(28)29/h5-8,10-12,20,26H,9H2,1-4H3,(H,25,27)(H,28,29)/t20-/m0/s1. The molecule has 1 amide bonds. The molecule has 162 valence electrons. The molecule has 0 aliphatic heterocycles. The van der Waals surface area contributed by atoms with Crippen LogP contribution in [0.2, 0.25) is 0 Å². The minimum Gasteiger partial charge on any atom is -0.508 e. The molecule has 0 fully saturated rings. The van der Waals surface area contributed by atoms with Crippen molar-refractivity contribution in [1.29, 1.82) is 0 Å². The molecule has 0 bridgehead atoms. The predicted molar refractivity (Wildman–Crippen MR) is 122 cm³/mol. The molecule has 0 aliphatic rings. The maximum absolute atomic E-state index is 12.3. The quantitative estimate of drug-likeness (QED) is 0.403. The van der Waals surface area contributed by atoms with Crippen LogP contribution in [0.5, 0.6) is 17.2 Å². The van der Waals surface area contributed by atoms with E-state index in [9.17, 15) is 19.8 Å². The summed E-state index contributed by atoms with van der Waals surface area (Å²) in [6.07, 6.45) is 0.0324. The topological polar surface area (TPSA) is 95.9 Å². The zero-order valence-electron chi connectivity index (χ0n) is 17.2. The number of carboxylic acids is 1. The zero-order chi connectivity index (χ0) is 22.6. The number of ether oxygens (including phenoxy) is 1. The number of carbonyl (C=O) groups excluding carboxylic acids is 1. The molecule has 1 atom stereocenters. The number of halogens is 2. The van der Waals surface area contributed by atoms with E-state index in [-0.39, 0.29) is 29.9 Å². The van der Waals surface area contributed by atoms with Crippen molar-refractivity contribution in [2.24, 2.45) is 5.92 Å². The van der Waals surface area contributed by atoms with Gasteiger partial charge in [0.1, 0.15) is 17.5 Å². The highest BCUT2D eigenvalue weighted by Crippen LogP contribution is 2.39. The van der Waals surface area contributed by atoms with Gasteiger partial charge in [0.25, 0.3) is 0 Å². The van der Waals surface area contributed by atoms with E-state index < -0.39 is 12.0 Å². The van der Waals surface area contributed by atoms with Crippen LogP contribution in [0.4, 0.5) is 0 Å². The third kappa shape index (κ3) is 6.22. The Labute approximate surface area is 192 Å². The lowest BCUT2D eigenvalue weighted by molar-refractivity contribution is -0.143. The summed E-state index contributed by atoms with van der Waals surface area (Å²) in [7, 11) is 0. The lowest BCUT2D eigenvalue weighted by Gasteiger charge is -2.18. The molecule has 0 heterocycles. The Morgan fingerprint density at radius 1 is 1.07 bits per heavy atom. The van der Waals surface area contributed by atoms with E-state index in [0.29, 0.717) is 26.0 Å². The Hall–Kier alpha value is -2.06. The molecule has 0 aliphatic carbocycles. The third-order valence-corrected chi connectivity index (χ3v) is 5.69. The Balaban J connectivity index is 2.19. The van der Waals surface area contributed by atoms with Gasteiger partial charge in [0.05, 0.1) is 15.4 Å². The number of nitrogens with one attached hydrogen (secondary N) is 1. The van der Waals surface area contributed by atoms with Crippen LogP contribution in [0.25, 0.3) is 0 Å². The van der Waals surface area contributed by atoms with Crippen molar-refractivity contribution in [3.63, 3.8) is 0 Å². The largest absolute Gasteiger partial charge is 0.508 e. The number of rotatable bonds is 8. The number of carboxylic acid groups (broad SMARTS) is 1. The molecule has 2 rings (SSSR count). The van der Waals surface area contributed by atoms with Gasteiger partial charge in [-0.25, -0.2) is 4.79 Å². The summed E-state index contributed by atoms with van der Waals surface area (Å²) in [4.78, 5) is 23.6. The van der Waals surface area contributed by atoms with E-state index in [1.807, 2.05) is 13.8 Å². The lowest BCUT2D eigenvalue weighted by Crippen LogP contribution is -2.44. The molecule has 2 aromatic rings. The van der Waals surface area contributed by atoms with E-state index in [4.69, 9.17) is 4.74 Å². The number of hydrogen-bond donors (Lipinski definition) is 3. The van der Waals surface area contributed by atoms with Crippen LogP contribution in [-0.4, -0.2) is 28.1 Å². The fourth-order valence-electron chi connectivity index (χ4n) is 2.91.